The van der Waals surface area contributed by atoms with Crippen LogP contribution in [0.4, 0.5) is 0 Å². The van der Waals surface area contributed by atoms with Crippen molar-refractivity contribution in [1.29, 1.82) is 0 Å². The van der Waals surface area contributed by atoms with Gasteiger partial charge in [0.15, 0.2) is 0 Å². The summed E-state index contributed by atoms with van der Waals surface area (Å²) in [5.74, 6) is 0. The Morgan fingerprint density at radius 3 is 2.35 bits per heavy atom. The summed E-state index contributed by atoms with van der Waals surface area (Å²) in [6.45, 7) is 4.33. The van der Waals surface area contributed by atoms with Crippen LogP contribution >= 0.6 is 0 Å². The quantitative estimate of drug-likeness (QED) is 0.579. The lowest BCUT2D eigenvalue weighted by atomic mass is 10.1. The Morgan fingerprint density at radius 2 is 1.59 bits per heavy atom. The summed E-state index contributed by atoms with van der Waals surface area (Å²) in [4.78, 5) is 0. The third-order valence-electron chi connectivity index (χ3n) is 3.22. The van der Waals surface area contributed by atoms with Crippen LogP contribution in [0.5, 0.6) is 0 Å². The van der Waals surface area contributed by atoms with Crippen molar-refractivity contribution in [3.63, 3.8) is 0 Å². The Hall–Kier alpha value is -2.02. The first-order valence-corrected chi connectivity index (χ1v) is 5.90. The highest BCUT2D eigenvalue weighted by Crippen LogP contribution is 2.26. The fraction of sp³-hybridized carbons (Fsp3) is 0.125. The van der Waals surface area contributed by atoms with Crippen LogP contribution in [-0.2, 0) is 0 Å². The SMILES string of the molecule is Cc1cccc2cc(C)n(-c3ccccc3)c12. The zero-order valence-corrected chi connectivity index (χ0v) is 10.1. The van der Waals surface area contributed by atoms with Crippen molar-refractivity contribution in [3.05, 3.63) is 65.9 Å². The van der Waals surface area contributed by atoms with Gasteiger partial charge in [-0.05, 0) is 37.6 Å². The average Bonchev–Trinajstić information content (AvgIpc) is 2.68. The number of benzene rings is 2. The monoisotopic (exact) mass is 221 g/mol. The number of fused-ring (bicyclic) bond motifs is 1. The first kappa shape index (κ1) is 10.2. The van der Waals surface area contributed by atoms with Gasteiger partial charge in [0.05, 0.1) is 5.52 Å². The molecular formula is C16H15N. The van der Waals surface area contributed by atoms with E-state index in [-0.39, 0.29) is 0 Å². The summed E-state index contributed by atoms with van der Waals surface area (Å²) < 4.78 is 2.32. The zero-order chi connectivity index (χ0) is 11.8. The van der Waals surface area contributed by atoms with E-state index in [1.54, 1.807) is 0 Å². The molecule has 1 heteroatoms. The molecule has 0 radical (unpaired) electrons. The van der Waals surface area contributed by atoms with E-state index >= 15 is 0 Å². The Labute approximate surface area is 101 Å². The van der Waals surface area contributed by atoms with Gasteiger partial charge in [-0.25, -0.2) is 0 Å². The number of hydrogen-bond acceptors (Lipinski definition) is 0. The summed E-state index contributed by atoms with van der Waals surface area (Å²) in [6, 6.07) is 19.2. The van der Waals surface area contributed by atoms with Crippen LogP contribution in [0.15, 0.2) is 54.6 Å². The molecule has 1 heterocycles. The first-order valence-electron chi connectivity index (χ1n) is 5.90. The number of rotatable bonds is 1. The summed E-state index contributed by atoms with van der Waals surface area (Å²) in [5, 5.41) is 1.31. The summed E-state index contributed by atoms with van der Waals surface area (Å²) in [7, 11) is 0. The second kappa shape index (κ2) is 3.77. The number of para-hydroxylation sites is 2. The molecule has 0 aliphatic heterocycles. The van der Waals surface area contributed by atoms with Crippen LogP contribution < -0.4 is 0 Å². The second-order valence-electron chi connectivity index (χ2n) is 4.47. The molecule has 0 unspecified atom stereocenters. The molecule has 1 nitrogen and oxygen atoms in total. The van der Waals surface area contributed by atoms with E-state index in [1.807, 2.05) is 0 Å². The molecular weight excluding hydrogens is 206 g/mol. The lowest BCUT2D eigenvalue weighted by molar-refractivity contribution is 1.05. The average molecular weight is 221 g/mol. The largest absolute Gasteiger partial charge is 0.314 e. The fourth-order valence-electron chi connectivity index (χ4n) is 2.48. The van der Waals surface area contributed by atoms with Gasteiger partial charge >= 0.3 is 0 Å². The van der Waals surface area contributed by atoms with Gasteiger partial charge < -0.3 is 4.57 Å². The maximum Gasteiger partial charge on any atom is 0.0560 e. The van der Waals surface area contributed by atoms with Gasteiger partial charge in [-0.15, -0.1) is 0 Å². The van der Waals surface area contributed by atoms with Crippen molar-refractivity contribution in [3.8, 4) is 5.69 Å². The normalized spacial score (nSPS) is 10.9. The van der Waals surface area contributed by atoms with Gasteiger partial charge in [0, 0.05) is 16.8 Å². The van der Waals surface area contributed by atoms with Crippen LogP contribution in [0.2, 0.25) is 0 Å². The minimum atomic E-state index is 1.23. The van der Waals surface area contributed by atoms with Gasteiger partial charge in [-0.1, -0.05) is 36.4 Å². The Bertz CT molecular complexity index is 663. The number of aromatic nitrogens is 1. The first-order chi connectivity index (χ1) is 8.27. The van der Waals surface area contributed by atoms with Crippen molar-refractivity contribution in [2.75, 3.05) is 0 Å². The molecule has 0 amide bonds. The molecule has 0 fully saturated rings. The predicted molar refractivity (Wildman–Crippen MR) is 72.7 cm³/mol. The molecule has 3 aromatic rings. The lowest BCUT2D eigenvalue weighted by Gasteiger charge is -2.09. The highest BCUT2D eigenvalue weighted by atomic mass is 15.0. The van der Waals surface area contributed by atoms with E-state index in [0.717, 1.165) is 0 Å². The molecule has 17 heavy (non-hydrogen) atoms. The van der Waals surface area contributed by atoms with E-state index in [1.165, 1.54) is 27.8 Å². The highest BCUT2D eigenvalue weighted by molar-refractivity contribution is 5.86. The standard InChI is InChI=1S/C16H15N/c1-12-7-6-8-14-11-13(2)17(16(12)14)15-9-4-3-5-10-15/h3-11H,1-2H3. The molecule has 84 valence electrons. The third kappa shape index (κ3) is 1.55. The summed E-state index contributed by atoms with van der Waals surface area (Å²) >= 11 is 0. The minimum absolute atomic E-state index is 1.23. The van der Waals surface area contributed by atoms with Crippen molar-refractivity contribution >= 4 is 10.9 Å². The summed E-state index contributed by atoms with van der Waals surface area (Å²) in [5.41, 5.74) is 5.14. The number of nitrogens with zero attached hydrogens (tertiary/aromatic N) is 1. The van der Waals surface area contributed by atoms with Crippen molar-refractivity contribution in [1.82, 2.24) is 4.57 Å². The van der Waals surface area contributed by atoms with Crippen LogP contribution in [0.3, 0.4) is 0 Å². The zero-order valence-electron chi connectivity index (χ0n) is 10.1. The Morgan fingerprint density at radius 1 is 0.824 bits per heavy atom. The molecule has 0 saturated carbocycles. The molecule has 0 bridgehead atoms. The number of aryl methyl sites for hydroxylation is 2. The van der Waals surface area contributed by atoms with Gasteiger partial charge in [0.2, 0.25) is 0 Å². The van der Waals surface area contributed by atoms with Crippen LogP contribution in [-0.4, -0.2) is 4.57 Å². The smallest absolute Gasteiger partial charge is 0.0560 e. The Kier molecular flexibility index (Phi) is 2.25. The molecule has 0 saturated heterocycles. The van der Waals surface area contributed by atoms with Crippen LogP contribution in [0, 0.1) is 13.8 Å². The van der Waals surface area contributed by atoms with E-state index in [4.69, 9.17) is 0 Å². The molecule has 3 rings (SSSR count). The maximum atomic E-state index is 2.32. The molecule has 0 spiro atoms. The summed E-state index contributed by atoms with van der Waals surface area (Å²) in [6.07, 6.45) is 0. The molecule has 0 aliphatic carbocycles. The molecule has 0 N–H and O–H groups in total. The van der Waals surface area contributed by atoms with Crippen molar-refractivity contribution in [2.24, 2.45) is 0 Å². The molecule has 0 atom stereocenters. The van der Waals surface area contributed by atoms with Crippen LogP contribution in [0.1, 0.15) is 11.3 Å². The molecule has 2 aromatic carbocycles. The third-order valence-corrected chi connectivity index (χ3v) is 3.22. The fourth-order valence-corrected chi connectivity index (χ4v) is 2.48. The number of hydrogen-bond donors (Lipinski definition) is 0. The lowest BCUT2D eigenvalue weighted by Crippen LogP contribution is -1.96. The Balaban J connectivity index is 2.40. The van der Waals surface area contributed by atoms with E-state index < -0.39 is 0 Å². The molecule has 1 aromatic heterocycles. The van der Waals surface area contributed by atoms with Crippen molar-refractivity contribution in [2.45, 2.75) is 13.8 Å². The topological polar surface area (TPSA) is 4.93 Å². The highest BCUT2D eigenvalue weighted by Gasteiger charge is 2.08. The van der Waals surface area contributed by atoms with Crippen LogP contribution in [0.25, 0.3) is 16.6 Å². The molecule has 0 aliphatic rings. The van der Waals surface area contributed by atoms with E-state index in [9.17, 15) is 0 Å². The van der Waals surface area contributed by atoms with Gasteiger partial charge in [0.25, 0.3) is 0 Å². The minimum Gasteiger partial charge on any atom is -0.314 e. The maximum absolute atomic E-state index is 2.32. The van der Waals surface area contributed by atoms with Gasteiger partial charge in [-0.2, -0.15) is 0 Å². The van der Waals surface area contributed by atoms with Gasteiger partial charge in [-0.3, -0.25) is 0 Å². The second-order valence-corrected chi connectivity index (χ2v) is 4.47. The predicted octanol–water partition coefficient (Wildman–Crippen LogP) is 4.25. The van der Waals surface area contributed by atoms with E-state index in [0.29, 0.717) is 0 Å². The van der Waals surface area contributed by atoms with E-state index in [2.05, 4.69) is 73.0 Å². The van der Waals surface area contributed by atoms with Gasteiger partial charge in [0.1, 0.15) is 0 Å². The van der Waals surface area contributed by atoms with Crippen molar-refractivity contribution < 1.29 is 0 Å².